The minimum Gasteiger partial charge on any atom is -0.478 e. The molecule has 2 aliphatic heterocycles. The van der Waals surface area contributed by atoms with Crippen molar-refractivity contribution in [1.82, 2.24) is 0 Å². The second-order valence-corrected chi connectivity index (χ2v) is 7.02. The third-order valence-corrected chi connectivity index (χ3v) is 5.91. The van der Waals surface area contributed by atoms with E-state index < -0.39 is 5.97 Å². The number of anilines is 1. The average molecular weight is 293 g/mol. The summed E-state index contributed by atoms with van der Waals surface area (Å²) in [6.07, 6.45) is 10.3. The number of carbonyl (C=O) groups is 1. The van der Waals surface area contributed by atoms with Gasteiger partial charge in [-0.3, -0.25) is 0 Å². The first-order valence-electron chi connectivity index (χ1n) is 8.26. The lowest BCUT2D eigenvalue weighted by molar-refractivity contribution is 0.0696. The maximum absolute atomic E-state index is 11.8. The summed E-state index contributed by atoms with van der Waals surface area (Å²) in [6, 6.07) is 3.91. The lowest BCUT2D eigenvalue weighted by Gasteiger charge is -2.45. The van der Waals surface area contributed by atoms with Gasteiger partial charge in [0.2, 0.25) is 0 Å². The first kappa shape index (κ1) is 12.5. The van der Waals surface area contributed by atoms with Crippen molar-refractivity contribution in [3.8, 4) is 0 Å². The Morgan fingerprint density at radius 1 is 1.27 bits per heavy atom. The Labute approximate surface area is 129 Å². The predicted octanol–water partition coefficient (Wildman–Crippen LogP) is 3.67. The molecule has 112 valence electrons. The average Bonchev–Trinajstić information content (AvgIpc) is 3.15. The molecule has 0 saturated carbocycles. The summed E-state index contributed by atoms with van der Waals surface area (Å²) >= 11 is 0. The van der Waals surface area contributed by atoms with Gasteiger partial charge in [0, 0.05) is 36.2 Å². The van der Waals surface area contributed by atoms with Crippen molar-refractivity contribution in [2.75, 3.05) is 18.0 Å². The van der Waals surface area contributed by atoms with Gasteiger partial charge in [0.05, 0.1) is 5.56 Å². The normalized spacial score (nSPS) is 30.6. The first-order valence-corrected chi connectivity index (χ1v) is 8.26. The lowest BCUT2D eigenvalue weighted by atomic mass is 9.76. The van der Waals surface area contributed by atoms with Crippen LogP contribution in [0.2, 0.25) is 0 Å². The highest BCUT2D eigenvalue weighted by molar-refractivity contribution is 6.00. The molecule has 4 aliphatic rings. The van der Waals surface area contributed by atoms with E-state index in [2.05, 4.69) is 29.2 Å². The molecule has 1 N–H and O–H groups in total. The zero-order chi connectivity index (χ0) is 14.8. The van der Waals surface area contributed by atoms with Gasteiger partial charge in [-0.2, -0.15) is 0 Å². The maximum atomic E-state index is 11.8. The summed E-state index contributed by atoms with van der Waals surface area (Å²) in [5.41, 5.74) is 5.37. The van der Waals surface area contributed by atoms with Crippen LogP contribution in [0.3, 0.4) is 0 Å². The molecule has 0 aromatic heterocycles. The third kappa shape index (κ3) is 1.49. The maximum Gasteiger partial charge on any atom is 0.336 e. The van der Waals surface area contributed by atoms with Crippen LogP contribution in [0, 0.1) is 11.8 Å². The molecule has 2 aliphatic carbocycles. The van der Waals surface area contributed by atoms with Crippen LogP contribution in [0.1, 0.15) is 46.7 Å². The Morgan fingerprint density at radius 2 is 2.18 bits per heavy atom. The van der Waals surface area contributed by atoms with E-state index >= 15 is 0 Å². The minimum atomic E-state index is -0.796. The topological polar surface area (TPSA) is 40.5 Å². The highest BCUT2D eigenvalue weighted by Crippen LogP contribution is 2.53. The van der Waals surface area contributed by atoms with E-state index in [9.17, 15) is 9.90 Å². The smallest absolute Gasteiger partial charge is 0.336 e. The van der Waals surface area contributed by atoms with Crippen LogP contribution in [0.25, 0.3) is 5.57 Å². The van der Waals surface area contributed by atoms with Gasteiger partial charge in [0.1, 0.15) is 0 Å². The number of aromatic carboxylic acids is 1. The fourth-order valence-electron chi connectivity index (χ4n) is 5.00. The number of benzene rings is 1. The van der Waals surface area contributed by atoms with Crippen molar-refractivity contribution in [1.29, 1.82) is 0 Å². The number of rotatable bonds is 1. The number of carboxylic acids is 1. The Morgan fingerprint density at radius 3 is 3.05 bits per heavy atom. The summed E-state index contributed by atoms with van der Waals surface area (Å²) in [6.45, 7) is 2.14. The number of allylic oxidation sites excluding steroid dienone is 3. The van der Waals surface area contributed by atoms with Crippen molar-refractivity contribution in [2.24, 2.45) is 11.8 Å². The van der Waals surface area contributed by atoms with Crippen molar-refractivity contribution < 1.29 is 9.90 Å². The van der Waals surface area contributed by atoms with Crippen LogP contribution in [0.15, 0.2) is 30.4 Å². The van der Waals surface area contributed by atoms with Crippen LogP contribution < -0.4 is 4.90 Å². The van der Waals surface area contributed by atoms with E-state index in [-0.39, 0.29) is 0 Å². The zero-order valence-electron chi connectivity index (χ0n) is 12.5. The van der Waals surface area contributed by atoms with Gasteiger partial charge >= 0.3 is 5.97 Å². The molecule has 0 unspecified atom stereocenters. The number of carboxylic acid groups (broad SMARTS) is 1. The van der Waals surface area contributed by atoms with Crippen molar-refractivity contribution in [3.05, 3.63) is 47.1 Å². The summed E-state index contributed by atoms with van der Waals surface area (Å²) in [7, 11) is 0. The van der Waals surface area contributed by atoms with Crippen LogP contribution >= 0.6 is 0 Å². The van der Waals surface area contributed by atoms with Gasteiger partial charge in [-0.1, -0.05) is 24.3 Å². The fraction of sp³-hybridized carbons (Fsp3) is 0.421. The summed E-state index contributed by atoms with van der Waals surface area (Å²) in [5.74, 6) is 0.872. The molecule has 0 saturated heterocycles. The second kappa shape index (κ2) is 4.25. The highest BCUT2D eigenvalue weighted by atomic mass is 16.4. The number of hydrogen-bond donors (Lipinski definition) is 1. The van der Waals surface area contributed by atoms with E-state index in [0.29, 0.717) is 23.3 Å². The van der Waals surface area contributed by atoms with E-state index in [1.54, 1.807) is 0 Å². The molecule has 3 nitrogen and oxygen atoms in total. The number of fused-ring (bicyclic) bond motifs is 4. The zero-order valence-corrected chi connectivity index (χ0v) is 12.5. The molecule has 0 bridgehead atoms. The predicted molar refractivity (Wildman–Crippen MR) is 86.3 cm³/mol. The molecule has 1 aromatic rings. The standard InChI is InChI=1S/C19H19NO2/c21-19(22)16-8-7-15-13-5-1-3-11(13)9-20-10-12-4-2-6-14(12)17(16)18(15)20/h1,5-8,11-13H,2-4,9-10H2,(H,21,22)/t11-,12-,13-/m1/s1. The van der Waals surface area contributed by atoms with Gasteiger partial charge in [0.25, 0.3) is 0 Å². The second-order valence-electron chi connectivity index (χ2n) is 7.02. The Bertz CT molecular complexity index is 746. The molecule has 0 spiro atoms. The molecule has 3 atom stereocenters. The molecule has 22 heavy (non-hydrogen) atoms. The minimum absolute atomic E-state index is 0.478. The molecule has 0 amide bonds. The van der Waals surface area contributed by atoms with E-state index in [1.165, 1.54) is 23.2 Å². The first-order chi connectivity index (χ1) is 10.7. The SMILES string of the molecule is O=C(O)c1ccc2c3c1C1=CCC[C@@H]1CN3C[C@H]1CC=C[C@@H]21. The van der Waals surface area contributed by atoms with Crippen LogP contribution in [-0.2, 0) is 0 Å². The molecular weight excluding hydrogens is 274 g/mol. The van der Waals surface area contributed by atoms with Crippen LogP contribution in [0.5, 0.6) is 0 Å². The van der Waals surface area contributed by atoms with Gasteiger partial charge in [-0.15, -0.1) is 0 Å². The Hall–Kier alpha value is -2.03. The van der Waals surface area contributed by atoms with Crippen LogP contribution in [0.4, 0.5) is 5.69 Å². The number of nitrogens with zero attached hydrogens (tertiary/aromatic N) is 1. The van der Waals surface area contributed by atoms with Crippen molar-refractivity contribution >= 4 is 17.2 Å². The van der Waals surface area contributed by atoms with Gasteiger partial charge in [-0.25, -0.2) is 4.79 Å². The fourth-order valence-corrected chi connectivity index (χ4v) is 5.00. The molecule has 1 aromatic carbocycles. The quantitative estimate of drug-likeness (QED) is 0.803. The van der Waals surface area contributed by atoms with Gasteiger partial charge < -0.3 is 10.0 Å². The van der Waals surface area contributed by atoms with E-state index in [4.69, 9.17) is 0 Å². The molecular formula is C19H19NO2. The molecule has 3 heteroatoms. The molecule has 5 rings (SSSR count). The largest absolute Gasteiger partial charge is 0.478 e. The third-order valence-electron chi connectivity index (χ3n) is 5.91. The molecule has 2 heterocycles. The number of hydrogen-bond acceptors (Lipinski definition) is 2. The highest BCUT2D eigenvalue weighted by Gasteiger charge is 2.42. The van der Waals surface area contributed by atoms with Crippen molar-refractivity contribution in [2.45, 2.75) is 25.2 Å². The molecule has 0 fully saturated rings. The Kier molecular flexibility index (Phi) is 2.42. The van der Waals surface area contributed by atoms with E-state index in [0.717, 1.165) is 31.5 Å². The summed E-state index contributed by atoms with van der Waals surface area (Å²) in [4.78, 5) is 14.2. The van der Waals surface area contributed by atoms with E-state index in [1.807, 2.05) is 6.07 Å². The summed E-state index contributed by atoms with van der Waals surface area (Å²) < 4.78 is 0. The van der Waals surface area contributed by atoms with Gasteiger partial charge in [0.15, 0.2) is 0 Å². The Balaban J connectivity index is 1.80. The lowest BCUT2D eigenvalue weighted by Crippen LogP contribution is -2.42. The van der Waals surface area contributed by atoms with Gasteiger partial charge in [-0.05, 0) is 42.4 Å². The monoisotopic (exact) mass is 293 g/mol. The van der Waals surface area contributed by atoms with Crippen LogP contribution in [-0.4, -0.2) is 24.2 Å². The molecule has 0 radical (unpaired) electrons. The van der Waals surface area contributed by atoms with Crippen molar-refractivity contribution in [3.63, 3.8) is 0 Å². The summed E-state index contributed by atoms with van der Waals surface area (Å²) in [5, 5.41) is 9.66.